The number of nitrogens with two attached hydrogens (primary N) is 1. The van der Waals surface area contributed by atoms with Crippen molar-refractivity contribution in [3.8, 4) is 0 Å². The fourth-order valence-corrected chi connectivity index (χ4v) is 3.20. The maximum absolute atomic E-state index is 6.06. The highest BCUT2D eigenvalue weighted by Gasteiger charge is 2.13. The molecule has 0 aliphatic carbocycles. The summed E-state index contributed by atoms with van der Waals surface area (Å²) < 4.78 is 0. The summed E-state index contributed by atoms with van der Waals surface area (Å²) >= 11 is 1.84. The van der Waals surface area contributed by atoms with Crippen LogP contribution >= 0.6 is 11.8 Å². The van der Waals surface area contributed by atoms with E-state index in [0.717, 1.165) is 23.5 Å². The highest BCUT2D eigenvalue weighted by atomic mass is 32.2. The van der Waals surface area contributed by atoms with Crippen LogP contribution in [0.3, 0.4) is 0 Å². The number of aryl methyl sites for hydroxylation is 1. The molecule has 0 saturated heterocycles. The molecule has 0 spiro atoms. The van der Waals surface area contributed by atoms with E-state index in [-0.39, 0.29) is 6.04 Å². The van der Waals surface area contributed by atoms with Gasteiger partial charge in [0.15, 0.2) is 0 Å². The van der Waals surface area contributed by atoms with Gasteiger partial charge in [0.2, 0.25) is 0 Å². The molecule has 1 aromatic heterocycles. The molecule has 0 amide bonds. The molecule has 4 heteroatoms. The molecule has 1 atom stereocenters. The largest absolute Gasteiger partial charge is 0.398 e. The Bertz CT molecular complexity index is 557. The number of pyridine rings is 1. The maximum Gasteiger partial charge on any atom is 0.0451 e. The number of benzene rings is 1. The fraction of sp³-hybridized carbons (Fsp3) is 0.312. The summed E-state index contributed by atoms with van der Waals surface area (Å²) in [5.41, 5.74) is 9.22. The van der Waals surface area contributed by atoms with E-state index < -0.39 is 0 Å². The van der Waals surface area contributed by atoms with Crippen LogP contribution in [0.15, 0.2) is 47.6 Å². The Labute approximate surface area is 125 Å². The van der Waals surface area contributed by atoms with Crippen LogP contribution in [0.5, 0.6) is 0 Å². The summed E-state index contributed by atoms with van der Waals surface area (Å²) in [4.78, 5) is 5.48. The molecule has 20 heavy (non-hydrogen) atoms. The predicted molar refractivity (Wildman–Crippen MR) is 87.0 cm³/mol. The highest BCUT2D eigenvalue weighted by molar-refractivity contribution is 7.99. The molecule has 2 rings (SSSR count). The Morgan fingerprint density at radius 3 is 2.90 bits per heavy atom. The van der Waals surface area contributed by atoms with Gasteiger partial charge in [0.25, 0.3) is 0 Å². The topological polar surface area (TPSA) is 50.9 Å². The van der Waals surface area contributed by atoms with Gasteiger partial charge in [-0.1, -0.05) is 24.6 Å². The molecule has 0 saturated carbocycles. The third kappa shape index (κ3) is 3.99. The van der Waals surface area contributed by atoms with Crippen LogP contribution in [0, 0.1) is 6.92 Å². The first-order chi connectivity index (χ1) is 9.70. The molecule has 1 aromatic carbocycles. The van der Waals surface area contributed by atoms with Gasteiger partial charge in [0, 0.05) is 40.3 Å². The number of anilines is 1. The van der Waals surface area contributed by atoms with Crippen molar-refractivity contribution in [1.29, 1.82) is 0 Å². The zero-order valence-electron chi connectivity index (χ0n) is 12.0. The van der Waals surface area contributed by atoms with E-state index >= 15 is 0 Å². The Kier molecular flexibility index (Phi) is 5.44. The van der Waals surface area contributed by atoms with Crippen molar-refractivity contribution in [3.05, 3.63) is 53.9 Å². The summed E-state index contributed by atoms with van der Waals surface area (Å²) in [6.45, 7) is 5.13. The van der Waals surface area contributed by atoms with Crippen molar-refractivity contribution in [3.63, 3.8) is 0 Å². The number of aromatic nitrogens is 1. The molecule has 1 unspecified atom stereocenters. The lowest BCUT2D eigenvalue weighted by atomic mass is 10.1. The molecule has 0 aliphatic heterocycles. The first-order valence-corrected chi connectivity index (χ1v) is 7.81. The normalized spacial score (nSPS) is 12.3. The molecule has 2 aromatic rings. The minimum absolute atomic E-state index is 0.221. The smallest absolute Gasteiger partial charge is 0.0451 e. The van der Waals surface area contributed by atoms with E-state index in [1.54, 1.807) is 6.20 Å². The summed E-state index contributed by atoms with van der Waals surface area (Å²) in [7, 11) is 0. The molecule has 3 nitrogen and oxygen atoms in total. The van der Waals surface area contributed by atoms with Crippen LogP contribution in [0.1, 0.15) is 24.1 Å². The van der Waals surface area contributed by atoms with Gasteiger partial charge in [-0.3, -0.25) is 4.98 Å². The third-order valence-corrected chi connectivity index (χ3v) is 4.21. The molecule has 0 bridgehead atoms. The van der Waals surface area contributed by atoms with Crippen molar-refractivity contribution >= 4 is 17.4 Å². The average molecular weight is 287 g/mol. The van der Waals surface area contributed by atoms with Crippen LogP contribution in [0.4, 0.5) is 5.69 Å². The van der Waals surface area contributed by atoms with Gasteiger partial charge in [-0.15, -0.1) is 11.8 Å². The molecule has 1 heterocycles. The number of thioether (sulfide) groups is 1. The van der Waals surface area contributed by atoms with Crippen molar-refractivity contribution < 1.29 is 0 Å². The number of nitrogen functional groups attached to an aromatic ring is 1. The predicted octanol–water partition coefficient (Wildman–Crippen LogP) is 3.42. The number of nitrogens with zero attached hydrogens (tertiary/aromatic N) is 1. The maximum atomic E-state index is 6.06. The number of hydrogen-bond acceptors (Lipinski definition) is 4. The summed E-state index contributed by atoms with van der Waals surface area (Å²) in [5, 5.41) is 3.48. The van der Waals surface area contributed by atoms with Gasteiger partial charge < -0.3 is 11.1 Å². The van der Waals surface area contributed by atoms with Gasteiger partial charge in [-0.05, 0) is 31.7 Å². The molecule has 0 aliphatic rings. The zero-order valence-corrected chi connectivity index (χ0v) is 12.8. The summed E-state index contributed by atoms with van der Waals surface area (Å²) in [6.07, 6.45) is 3.59. The molecule has 0 fully saturated rings. The lowest BCUT2D eigenvalue weighted by molar-refractivity contribution is 0.605. The van der Waals surface area contributed by atoms with Gasteiger partial charge in [0.05, 0.1) is 0 Å². The second-order valence-electron chi connectivity index (χ2n) is 4.74. The molecular formula is C16H21N3S. The minimum Gasteiger partial charge on any atom is -0.398 e. The second-order valence-corrected chi connectivity index (χ2v) is 5.84. The lowest BCUT2D eigenvalue weighted by Gasteiger charge is -2.19. The van der Waals surface area contributed by atoms with E-state index in [4.69, 9.17) is 5.73 Å². The molecule has 106 valence electrons. The molecular weight excluding hydrogens is 266 g/mol. The van der Waals surface area contributed by atoms with E-state index in [9.17, 15) is 0 Å². The first-order valence-electron chi connectivity index (χ1n) is 6.83. The average Bonchev–Trinajstić information content (AvgIpc) is 2.44. The van der Waals surface area contributed by atoms with Crippen molar-refractivity contribution in [2.45, 2.75) is 24.8 Å². The summed E-state index contributed by atoms with van der Waals surface area (Å²) in [6, 6.07) is 10.6. The van der Waals surface area contributed by atoms with Crippen molar-refractivity contribution in [2.24, 2.45) is 0 Å². The minimum atomic E-state index is 0.221. The van der Waals surface area contributed by atoms with Gasteiger partial charge in [-0.25, -0.2) is 0 Å². The Hall–Kier alpha value is -1.52. The number of nitrogens with one attached hydrogen (secondary N) is 1. The molecule has 0 radical (unpaired) electrons. The van der Waals surface area contributed by atoms with Gasteiger partial charge >= 0.3 is 0 Å². The van der Waals surface area contributed by atoms with E-state index in [1.165, 1.54) is 10.5 Å². The van der Waals surface area contributed by atoms with Crippen molar-refractivity contribution in [2.75, 3.05) is 18.0 Å². The van der Waals surface area contributed by atoms with E-state index in [1.807, 2.05) is 24.0 Å². The first kappa shape index (κ1) is 14.9. The SMILES string of the molecule is CCNC(CSc1cccc(C)c1)c1cnccc1N. The summed E-state index contributed by atoms with van der Waals surface area (Å²) in [5.74, 6) is 0.938. The Morgan fingerprint density at radius 2 is 2.20 bits per heavy atom. The number of rotatable bonds is 6. The van der Waals surface area contributed by atoms with Crippen LogP contribution in [0.2, 0.25) is 0 Å². The monoisotopic (exact) mass is 287 g/mol. The fourth-order valence-electron chi connectivity index (χ4n) is 2.10. The van der Waals surface area contributed by atoms with Gasteiger partial charge in [-0.2, -0.15) is 0 Å². The standard InChI is InChI=1S/C16H21N3S/c1-3-19-16(14-10-18-8-7-15(14)17)11-20-13-6-4-5-12(2)9-13/h4-10,16,19H,3,11H2,1-2H3,(H2,17,18). The number of hydrogen-bond donors (Lipinski definition) is 2. The van der Waals surface area contributed by atoms with E-state index in [2.05, 4.69) is 48.4 Å². The van der Waals surface area contributed by atoms with Crippen LogP contribution in [-0.2, 0) is 0 Å². The van der Waals surface area contributed by atoms with Crippen molar-refractivity contribution in [1.82, 2.24) is 10.3 Å². The highest BCUT2D eigenvalue weighted by Crippen LogP contribution is 2.27. The quantitative estimate of drug-likeness (QED) is 0.799. The lowest BCUT2D eigenvalue weighted by Crippen LogP contribution is -2.24. The zero-order chi connectivity index (χ0) is 14.4. The van der Waals surface area contributed by atoms with E-state index in [0.29, 0.717) is 0 Å². The molecule has 3 N–H and O–H groups in total. The third-order valence-electron chi connectivity index (χ3n) is 3.12. The van der Waals surface area contributed by atoms with Crippen LogP contribution in [0.25, 0.3) is 0 Å². The van der Waals surface area contributed by atoms with Gasteiger partial charge in [0.1, 0.15) is 0 Å². The van der Waals surface area contributed by atoms with Crippen LogP contribution < -0.4 is 11.1 Å². The Balaban J connectivity index is 2.08. The second kappa shape index (κ2) is 7.31. The van der Waals surface area contributed by atoms with Crippen LogP contribution in [-0.4, -0.2) is 17.3 Å². The Morgan fingerprint density at radius 1 is 1.35 bits per heavy atom.